The topological polar surface area (TPSA) is 67.4 Å². The first-order chi connectivity index (χ1) is 11.0. The van der Waals surface area contributed by atoms with E-state index in [9.17, 15) is 8.42 Å². The van der Waals surface area contributed by atoms with Crippen molar-refractivity contribution in [3.63, 3.8) is 0 Å². The molecule has 0 aliphatic carbocycles. The van der Waals surface area contributed by atoms with Gasteiger partial charge in [-0.15, -0.1) is 17.8 Å². The van der Waals surface area contributed by atoms with E-state index in [1.165, 1.54) is 0 Å². The van der Waals surface area contributed by atoms with Gasteiger partial charge in [0, 0.05) is 17.8 Å². The SMILES string of the molecule is C#CC1Cc2cc(NS(=O)(=O)c3cccs3)ccc2NC(=S)O1. The molecule has 1 unspecified atom stereocenters. The summed E-state index contributed by atoms with van der Waals surface area (Å²) in [5.41, 5.74) is 2.05. The van der Waals surface area contributed by atoms with Crippen molar-refractivity contribution >= 4 is 50.1 Å². The Bertz CT molecular complexity index is 883. The van der Waals surface area contributed by atoms with Crippen LogP contribution in [0.2, 0.25) is 0 Å². The minimum atomic E-state index is -3.58. The van der Waals surface area contributed by atoms with E-state index in [0.29, 0.717) is 12.1 Å². The molecule has 23 heavy (non-hydrogen) atoms. The van der Waals surface area contributed by atoms with Crippen molar-refractivity contribution in [1.82, 2.24) is 0 Å². The van der Waals surface area contributed by atoms with Crippen LogP contribution < -0.4 is 10.0 Å². The highest BCUT2D eigenvalue weighted by Crippen LogP contribution is 2.27. The number of thiocarbonyl (C=S) groups is 1. The number of fused-ring (bicyclic) bond motifs is 1. The molecule has 0 amide bonds. The summed E-state index contributed by atoms with van der Waals surface area (Å²) in [7, 11) is -3.58. The minimum Gasteiger partial charge on any atom is -0.454 e. The summed E-state index contributed by atoms with van der Waals surface area (Å²) in [6, 6.07) is 8.38. The zero-order valence-corrected chi connectivity index (χ0v) is 14.2. The highest BCUT2D eigenvalue weighted by molar-refractivity contribution is 7.94. The van der Waals surface area contributed by atoms with Crippen LogP contribution in [0.15, 0.2) is 39.9 Å². The molecule has 0 radical (unpaired) electrons. The van der Waals surface area contributed by atoms with Crippen LogP contribution in [0, 0.1) is 12.3 Å². The lowest BCUT2D eigenvalue weighted by Crippen LogP contribution is -2.18. The molecule has 2 heterocycles. The fourth-order valence-electron chi connectivity index (χ4n) is 2.17. The van der Waals surface area contributed by atoms with Gasteiger partial charge in [0.2, 0.25) is 0 Å². The van der Waals surface area contributed by atoms with Crippen molar-refractivity contribution < 1.29 is 13.2 Å². The largest absolute Gasteiger partial charge is 0.454 e. The number of anilines is 2. The Morgan fingerprint density at radius 2 is 2.26 bits per heavy atom. The fraction of sp³-hybridized carbons (Fsp3) is 0.133. The van der Waals surface area contributed by atoms with E-state index in [0.717, 1.165) is 22.6 Å². The lowest BCUT2D eigenvalue weighted by molar-refractivity contribution is 0.255. The quantitative estimate of drug-likeness (QED) is 0.648. The van der Waals surface area contributed by atoms with Crippen LogP contribution in [0.3, 0.4) is 0 Å². The first-order valence-electron chi connectivity index (χ1n) is 6.61. The number of nitrogens with one attached hydrogen (secondary N) is 2. The van der Waals surface area contributed by atoms with Gasteiger partial charge in [0.1, 0.15) is 4.21 Å². The molecule has 2 N–H and O–H groups in total. The Morgan fingerprint density at radius 3 is 2.96 bits per heavy atom. The summed E-state index contributed by atoms with van der Waals surface area (Å²) < 4.78 is 32.8. The van der Waals surface area contributed by atoms with Gasteiger partial charge in [-0.25, -0.2) is 8.42 Å². The molecule has 118 valence electrons. The summed E-state index contributed by atoms with van der Waals surface area (Å²) in [5, 5.41) is 4.86. The van der Waals surface area contributed by atoms with E-state index in [-0.39, 0.29) is 9.38 Å². The van der Waals surface area contributed by atoms with Crippen molar-refractivity contribution in [2.75, 3.05) is 10.0 Å². The van der Waals surface area contributed by atoms with Crippen LogP contribution in [0.25, 0.3) is 0 Å². The standard InChI is InChI=1S/C15H12N2O3S3/c1-2-12-9-10-8-11(5-6-13(10)16-15(21)20-12)17-23(18,19)14-4-3-7-22-14/h1,3-8,12,17H,9H2,(H,16,21). The number of ether oxygens (including phenoxy) is 1. The molecule has 0 bridgehead atoms. The smallest absolute Gasteiger partial charge is 0.271 e. The predicted octanol–water partition coefficient (Wildman–Crippen LogP) is 2.82. The van der Waals surface area contributed by atoms with Gasteiger partial charge in [0.15, 0.2) is 6.10 Å². The van der Waals surface area contributed by atoms with E-state index >= 15 is 0 Å². The number of sulfonamides is 1. The zero-order chi connectivity index (χ0) is 16.4. The predicted molar refractivity (Wildman–Crippen MR) is 95.2 cm³/mol. The van der Waals surface area contributed by atoms with Crippen LogP contribution in [-0.2, 0) is 21.2 Å². The average molecular weight is 364 g/mol. The molecule has 3 rings (SSSR count). The zero-order valence-electron chi connectivity index (χ0n) is 11.8. The highest BCUT2D eigenvalue weighted by atomic mass is 32.2. The van der Waals surface area contributed by atoms with Gasteiger partial charge in [-0.05, 0) is 47.4 Å². The molecule has 2 aromatic rings. The molecule has 8 heteroatoms. The number of benzene rings is 1. The molecule has 1 aromatic heterocycles. The molecular weight excluding hydrogens is 352 g/mol. The second-order valence-electron chi connectivity index (χ2n) is 4.80. The first-order valence-corrected chi connectivity index (χ1v) is 9.38. The molecule has 1 atom stereocenters. The van der Waals surface area contributed by atoms with Crippen molar-refractivity contribution in [2.45, 2.75) is 16.7 Å². The van der Waals surface area contributed by atoms with Crippen molar-refractivity contribution in [1.29, 1.82) is 0 Å². The van der Waals surface area contributed by atoms with Gasteiger partial charge in [-0.2, -0.15) is 0 Å². The lowest BCUT2D eigenvalue weighted by Gasteiger charge is -2.11. The third-order valence-electron chi connectivity index (χ3n) is 3.19. The normalized spacial score (nSPS) is 17.2. The highest BCUT2D eigenvalue weighted by Gasteiger charge is 2.20. The number of rotatable bonds is 3. The summed E-state index contributed by atoms with van der Waals surface area (Å²) in [6.07, 6.45) is 5.38. The molecule has 0 saturated carbocycles. The van der Waals surface area contributed by atoms with Crippen LogP contribution in [-0.4, -0.2) is 19.7 Å². The third kappa shape index (κ3) is 3.47. The molecular formula is C15H12N2O3S3. The Kier molecular flexibility index (Phi) is 4.26. The summed E-state index contributed by atoms with van der Waals surface area (Å²) in [4.78, 5) is 0. The van der Waals surface area contributed by atoms with Gasteiger partial charge in [-0.1, -0.05) is 12.0 Å². The van der Waals surface area contributed by atoms with Gasteiger partial charge in [-0.3, -0.25) is 4.72 Å². The van der Waals surface area contributed by atoms with Gasteiger partial charge in [0.05, 0.1) is 0 Å². The number of terminal acetylenes is 1. The van der Waals surface area contributed by atoms with Crippen molar-refractivity contribution in [3.8, 4) is 12.3 Å². The van der Waals surface area contributed by atoms with E-state index in [4.69, 9.17) is 23.4 Å². The maximum absolute atomic E-state index is 12.3. The van der Waals surface area contributed by atoms with Gasteiger partial charge < -0.3 is 10.1 Å². The first kappa shape index (κ1) is 15.8. The Labute approximate surface area is 143 Å². The molecule has 0 saturated heterocycles. The molecule has 0 spiro atoms. The van der Waals surface area contributed by atoms with Crippen LogP contribution in [0.1, 0.15) is 5.56 Å². The maximum atomic E-state index is 12.3. The summed E-state index contributed by atoms with van der Waals surface area (Å²) >= 11 is 6.21. The van der Waals surface area contributed by atoms with E-state index in [1.807, 2.05) is 0 Å². The Balaban J connectivity index is 1.91. The molecule has 1 aromatic carbocycles. The number of hydrogen-bond donors (Lipinski definition) is 2. The lowest BCUT2D eigenvalue weighted by atomic mass is 10.1. The van der Waals surface area contributed by atoms with E-state index < -0.39 is 16.1 Å². The van der Waals surface area contributed by atoms with Crippen LogP contribution in [0.5, 0.6) is 0 Å². The molecule has 0 fully saturated rings. The Morgan fingerprint density at radius 1 is 1.43 bits per heavy atom. The van der Waals surface area contributed by atoms with E-state index in [2.05, 4.69) is 16.0 Å². The van der Waals surface area contributed by atoms with Gasteiger partial charge >= 0.3 is 0 Å². The number of thiophene rings is 1. The van der Waals surface area contributed by atoms with Crippen LogP contribution in [0.4, 0.5) is 11.4 Å². The molecule has 1 aliphatic heterocycles. The van der Waals surface area contributed by atoms with Crippen molar-refractivity contribution in [2.24, 2.45) is 0 Å². The van der Waals surface area contributed by atoms with Gasteiger partial charge in [0.25, 0.3) is 15.2 Å². The molecule has 5 nitrogen and oxygen atoms in total. The summed E-state index contributed by atoms with van der Waals surface area (Å²) in [5.74, 6) is 2.52. The second kappa shape index (κ2) is 6.20. The molecule has 1 aliphatic rings. The monoisotopic (exact) mass is 364 g/mol. The second-order valence-corrected chi connectivity index (χ2v) is 8.03. The number of hydrogen-bond acceptors (Lipinski definition) is 5. The van der Waals surface area contributed by atoms with Crippen molar-refractivity contribution in [3.05, 3.63) is 41.3 Å². The van der Waals surface area contributed by atoms with Crippen LogP contribution >= 0.6 is 23.6 Å². The summed E-state index contributed by atoms with van der Waals surface area (Å²) in [6.45, 7) is 0. The minimum absolute atomic E-state index is 0.207. The fourth-order valence-corrected chi connectivity index (χ4v) is 4.44. The third-order valence-corrected chi connectivity index (χ3v) is 6.17. The Hall–Kier alpha value is -2.08. The van der Waals surface area contributed by atoms with E-state index in [1.54, 1.807) is 35.7 Å². The maximum Gasteiger partial charge on any atom is 0.271 e. The average Bonchev–Trinajstić information content (AvgIpc) is 2.99.